The van der Waals surface area contributed by atoms with Crippen molar-refractivity contribution in [3.05, 3.63) is 246 Å². The Morgan fingerprint density at radius 2 is 0.894 bits per heavy atom. The number of hydrogen-bond acceptors (Lipinski definition) is 1. The van der Waals surface area contributed by atoms with Crippen LogP contribution in [-0.2, 0) is 12.0 Å². The van der Waals surface area contributed by atoms with Gasteiger partial charge < -0.3 is 14.0 Å². The average molecular weight is 840 g/mol. The molecule has 3 heteroatoms. The van der Waals surface area contributed by atoms with Crippen LogP contribution < -0.4 is 4.90 Å². The maximum atomic E-state index is 6.03. The summed E-state index contributed by atoms with van der Waals surface area (Å²) >= 11 is 0. The Balaban J connectivity index is 1.08. The summed E-state index contributed by atoms with van der Waals surface area (Å²) in [6, 6.07) is 74.5. The minimum Gasteiger partial charge on any atom is -0.336 e. The van der Waals surface area contributed by atoms with Gasteiger partial charge in [-0.25, -0.2) is 0 Å². The smallest absolute Gasteiger partial charge is 0.0688 e. The Labute approximate surface area is 383 Å². The molecule has 14 rings (SSSR count). The fraction of sp³-hybridized carbons (Fsp3) is 0.0476. The summed E-state index contributed by atoms with van der Waals surface area (Å²) in [7, 11) is 0. The molecule has 1 unspecified atom stereocenters. The van der Waals surface area contributed by atoms with E-state index < -0.39 is 5.41 Å². The van der Waals surface area contributed by atoms with Gasteiger partial charge in [0, 0.05) is 56.4 Å². The van der Waals surface area contributed by atoms with Gasteiger partial charge in [0.1, 0.15) is 0 Å². The number of para-hydroxylation sites is 5. The Kier molecular flexibility index (Phi) is 7.66. The molecule has 1 atom stereocenters. The van der Waals surface area contributed by atoms with Crippen LogP contribution in [0.1, 0.15) is 34.7 Å². The molecule has 308 valence electrons. The summed E-state index contributed by atoms with van der Waals surface area (Å²) in [5, 5.41) is 4.99. The molecule has 1 aliphatic heterocycles. The number of fused-ring (bicyclic) bond motifs is 16. The van der Waals surface area contributed by atoms with E-state index in [1.54, 1.807) is 0 Å². The van der Waals surface area contributed by atoms with Crippen molar-refractivity contribution in [3.8, 4) is 46.0 Å². The molecular weight excluding hydrogens is 799 g/mol. The topological polar surface area (TPSA) is 13.1 Å². The molecule has 0 bridgehead atoms. The van der Waals surface area contributed by atoms with Gasteiger partial charge in [0.2, 0.25) is 0 Å². The molecule has 9 aromatic carbocycles. The lowest BCUT2D eigenvalue weighted by Crippen LogP contribution is -2.27. The number of aromatic nitrogens is 2. The lowest BCUT2D eigenvalue weighted by atomic mass is 9.70. The predicted molar refractivity (Wildman–Crippen MR) is 275 cm³/mol. The van der Waals surface area contributed by atoms with E-state index in [-0.39, 0.29) is 0 Å². The molecule has 0 saturated heterocycles. The van der Waals surface area contributed by atoms with Crippen LogP contribution in [-0.4, -0.2) is 9.13 Å². The minimum atomic E-state index is -0.652. The van der Waals surface area contributed by atoms with Crippen molar-refractivity contribution in [3.63, 3.8) is 0 Å². The normalized spacial score (nSPS) is 15.8. The molecule has 3 aliphatic rings. The standard InChI is InChI=1S/C63H41N3/c1-3-4-18-45-40(2)63(56-37-43(31-34-47(45)56)65-59-26-13-8-21-51(59)52-22-9-14-27-60(52)65)55-36-42(64-39-41-17-5-6-19-46(41)50-20-7-12-25-58(50)64)30-33-48(55)49-35-32-44(38-57(49)63)66-61-28-15-10-23-53(61)54-24-11-16-29-62(54)66/h1,4-38H,39H2,2H3/b18-4-. The number of nitrogens with zero attached hydrogens (tertiary/aromatic N) is 3. The van der Waals surface area contributed by atoms with Gasteiger partial charge in [-0.1, -0.05) is 139 Å². The molecule has 1 spiro atoms. The molecule has 2 aliphatic carbocycles. The predicted octanol–water partition coefficient (Wildman–Crippen LogP) is 15.5. The fourth-order valence-corrected chi connectivity index (χ4v) is 12.2. The van der Waals surface area contributed by atoms with Crippen molar-refractivity contribution < 1.29 is 0 Å². The molecule has 3 nitrogen and oxygen atoms in total. The van der Waals surface area contributed by atoms with Crippen molar-refractivity contribution in [2.45, 2.75) is 18.9 Å². The van der Waals surface area contributed by atoms with Gasteiger partial charge in [-0.05, 0) is 141 Å². The molecule has 0 radical (unpaired) electrons. The second kappa shape index (κ2) is 13.7. The highest BCUT2D eigenvalue weighted by molar-refractivity contribution is 6.11. The first kappa shape index (κ1) is 36.9. The largest absolute Gasteiger partial charge is 0.336 e. The van der Waals surface area contributed by atoms with Gasteiger partial charge in [-0.2, -0.15) is 0 Å². The summed E-state index contributed by atoms with van der Waals surface area (Å²) < 4.78 is 4.91. The molecule has 0 N–H and O–H groups in total. The summed E-state index contributed by atoms with van der Waals surface area (Å²) in [4.78, 5) is 2.51. The SMILES string of the molecule is C#C/C=C\C1=C(C)C2(c3cc(-n4c5ccccc5c5ccccc54)ccc31)c1cc(N3Cc4ccccc4-c4ccccc43)ccc1-c1ccc(-n3c4ccccc4c4ccccc43)cc12. The molecule has 11 aromatic rings. The van der Waals surface area contributed by atoms with E-state index in [0.717, 1.165) is 17.9 Å². The van der Waals surface area contributed by atoms with Gasteiger partial charge in [-0.3, -0.25) is 0 Å². The summed E-state index contributed by atoms with van der Waals surface area (Å²) in [6.07, 6.45) is 10.1. The third-order valence-corrected chi connectivity index (χ3v) is 14.9. The van der Waals surface area contributed by atoms with Crippen molar-refractivity contribution in [1.29, 1.82) is 0 Å². The highest BCUT2D eigenvalue weighted by atomic mass is 15.1. The molecule has 3 heterocycles. The first-order valence-corrected chi connectivity index (χ1v) is 22.8. The monoisotopic (exact) mass is 839 g/mol. The van der Waals surface area contributed by atoms with Crippen molar-refractivity contribution >= 4 is 60.6 Å². The van der Waals surface area contributed by atoms with E-state index in [4.69, 9.17) is 6.42 Å². The lowest BCUT2D eigenvalue weighted by molar-refractivity contribution is 0.763. The van der Waals surface area contributed by atoms with Crippen LogP contribution in [0.25, 0.3) is 82.8 Å². The second-order valence-electron chi connectivity index (χ2n) is 18.0. The Morgan fingerprint density at radius 1 is 0.455 bits per heavy atom. The summed E-state index contributed by atoms with van der Waals surface area (Å²) in [5.41, 5.74) is 22.6. The van der Waals surface area contributed by atoms with E-state index in [2.05, 4.69) is 233 Å². The quantitative estimate of drug-likeness (QED) is 0.161. The first-order valence-electron chi connectivity index (χ1n) is 22.8. The van der Waals surface area contributed by atoms with Crippen molar-refractivity contribution in [2.24, 2.45) is 0 Å². The van der Waals surface area contributed by atoms with Crippen LogP contribution in [0.5, 0.6) is 0 Å². The van der Waals surface area contributed by atoms with Crippen molar-refractivity contribution in [1.82, 2.24) is 9.13 Å². The van der Waals surface area contributed by atoms with Crippen LogP contribution in [0.2, 0.25) is 0 Å². The zero-order chi connectivity index (χ0) is 43.7. The van der Waals surface area contributed by atoms with E-state index >= 15 is 0 Å². The van der Waals surface area contributed by atoms with Crippen LogP contribution in [0.4, 0.5) is 11.4 Å². The zero-order valence-electron chi connectivity index (χ0n) is 36.3. The molecule has 0 amide bonds. The Hall–Kier alpha value is -8.58. The molecule has 66 heavy (non-hydrogen) atoms. The van der Waals surface area contributed by atoms with Crippen LogP contribution in [0.15, 0.2) is 218 Å². The van der Waals surface area contributed by atoms with E-state index in [9.17, 15) is 0 Å². The number of terminal acetylenes is 1. The second-order valence-corrected chi connectivity index (χ2v) is 18.0. The average Bonchev–Trinajstić information content (AvgIpc) is 4.06. The third-order valence-electron chi connectivity index (χ3n) is 14.9. The van der Waals surface area contributed by atoms with Crippen molar-refractivity contribution in [2.75, 3.05) is 4.90 Å². The highest BCUT2D eigenvalue weighted by Crippen LogP contribution is 2.63. The number of allylic oxidation sites excluding steroid dienone is 4. The van der Waals surface area contributed by atoms with E-state index in [0.29, 0.717) is 0 Å². The lowest BCUT2D eigenvalue weighted by Gasteiger charge is -2.35. The highest BCUT2D eigenvalue weighted by Gasteiger charge is 2.52. The molecule has 0 fully saturated rings. The molecule has 2 aromatic heterocycles. The van der Waals surface area contributed by atoms with Gasteiger partial charge in [-0.15, -0.1) is 6.42 Å². The van der Waals surface area contributed by atoms with Gasteiger partial charge in [0.15, 0.2) is 0 Å². The summed E-state index contributed by atoms with van der Waals surface area (Å²) in [5.74, 6) is 2.84. The first-order chi connectivity index (χ1) is 32.6. The van der Waals surface area contributed by atoms with Crippen LogP contribution in [0.3, 0.4) is 0 Å². The maximum absolute atomic E-state index is 6.03. The number of anilines is 2. The zero-order valence-corrected chi connectivity index (χ0v) is 36.3. The fourth-order valence-electron chi connectivity index (χ4n) is 12.2. The minimum absolute atomic E-state index is 0.652. The van der Waals surface area contributed by atoms with Gasteiger partial charge in [0.25, 0.3) is 0 Å². The number of benzene rings is 9. The third kappa shape index (κ3) is 4.83. The Bertz CT molecular complexity index is 3910. The van der Waals surface area contributed by atoms with Gasteiger partial charge in [0.05, 0.1) is 27.5 Å². The van der Waals surface area contributed by atoms with Crippen LogP contribution >= 0.6 is 0 Å². The molecule has 0 saturated carbocycles. The maximum Gasteiger partial charge on any atom is 0.0688 e. The van der Waals surface area contributed by atoms with E-state index in [1.165, 1.54) is 116 Å². The van der Waals surface area contributed by atoms with Gasteiger partial charge >= 0.3 is 0 Å². The summed E-state index contributed by atoms with van der Waals surface area (Å²) in [6.45, 7) is 3.13. The number of hydrogen-bond donors (Lipinski definition) is 0. The van der Waals surface area contributed by atoms with E-state index in [1.807, 2.05) is 6.08 Å². The number of rotatable bonds is 4. The Morgan fingerprint density at radius 3 is 1.45 bits per heavy atom. The van der Waals surface area contributed by atoms with Crippen LogP contribution in [0, 0.1) is 12.3 Å². The molecular formula is C63H41N3.